The van der Waals surface area contributed by atoms with Gasteiger partial charge in [0.05, 0.1) is 0 Å². The fourth-order valence-electron chi connectivity index (χ4n) is 2.68. The van der Waals surface area contributed by atoms with Crippen LogP contribution < -0.4 is 10.2 Å². The molecule has 0 spiro atoms. The topological polar surface area (TPSA) is 44.3 Å². The molecule has 1 saturated heterocycles. The average molecular weight is 291 g/mol. The van der Waals surface area contributed by atoms with Crippen LogP contribution in [0.1, 0.15) is 37.9 Å². The summed E-state index contributed by atoms with van der Waals surface area (Å²) < 4.78 is 0. The highest BCUT2D eigenvalue weighted by Gasteiger charge is 2.23. The number of nitrogens with zero attached hydrogens (tertiary/aromatic N) is 4. The summed E-state index contributed by atoms with van der Waals surface area (Å²) in [7, 11) is 4.31. The zero-order valence-electron chi connectivity index (χ0n) is 14.1. The van der Waals surface area contributed by atoms with E-state index in [9.17, 15) is 0 Å². The third kappa shape index (κ3) is 4.38. The quantitative estimate of drug-likeness (QED) is 0.896. The van der Waals surface area contributed by atoms with E-state index in [1.54, 1.807) is 0 Å². The molecule has 1 aliphatic heterocycles. The van der Waals surface area contributed by atoms with Crippen LogP contribution in [0, 0.1) is 6.92 Å². The Morgan fingerprint density at radius 1 is 1.43 bits per heavy atom. The van der Waals surface area contributed by atoms with Crippen molar-refractivity contribution in [2.75, 3.05) is 32.1 Å². The minimum Gasteiger partial charge on any atom is -0.339 e. The van der Waals surface area contributed by atoms with Crippen LogP contribution >= 0.6 is 0 Å². The van der Waals surface area contributed by atoms with Gasteiger partial charge in [-0.25, -0.2) is 9.97 Å². The molecular weight excluding hydrogens is 262 g/mol. The number of rotatable bonds is 5. The maximum absolute atomic E-state index is 4.72. The number of aryl methyl sites for hydroxylation is 1. The van der Waals surface area contributed by atoms with E-state index in [1.165, 1.54) is 18.4 Å². The molecule has 2 heterocycles. The zero-order valence-corrected chi connectivity index (χ0v) is 14.1. The molecule has 118 valence electrons. The van der Waals surface area contributed by atoms with Gasteiger partial charge in [-0.2, -0.15) is 0 Å². The Balaban J connectivity index is 2.05. The van der Waals surface area contributed by atoms with Crippen LogP contribution in [0.5, 0.6) is 0 Å². The molecule has 0 bridgehead atoms. The van der Waals surface area contributed by atoms with Crippen LogP contribution in [0.3, 0.4) is 0 Å². The van der Waals surface area contributed by atoms with Gasteiger partial charge in [-0.15, -0.1) is 0 Å². The summed E-state index contributed by atoms with van der Waals surface area (Å²) in [6, 6.07) is 1.08. The molecule has 2 rings (SSSR count). The van der Waals surface area contributed by atoms with Crippen LogP contribution in [0.25, 0.3) is 0 Å². The van der Waals surface area contributed by atoms with Crippen molar-refractivity contribution in [1.82, 2.24) is 20.2 Å². The van der Waals surface area contributed by atoms with Gasteiger partial charge in [0.15, 0.2) is 0 Å². The van der Waals surface area contributed by atoms with Crippen LogP contribution in [-0.4, -0.2) is 54.1 Å². The average Bonchev–Trinajstić information content (AvgIpc) is 2.46. The lowest BCUT2D eigenvalue weighted by Gasteiger charge is -2.36. The summed E-state index contributed by atoms with van der Waals surface area (Å²) in [5, 5.41) is 3.42. The Morgan fingerprint density at radius 2 is 2.19 bits per heavy atom. The molecule has 5 nitrogen and oxygen atoms in total. The molecule has 1 aromatic heterocycles. The van der Waals surface area contributed by atoms with Gasteiger partial charge in [-0.05, 0) is 33.9 Å². The minimum absolute atomic E-state index is 0.479. The Morgan fingerprint density at radius 3 is 2.81 bits per heavy atom. The van der Waals surface area contributed by atoms with Gasteiger partial charge in [0.2, 0.25) is 5.95 Å². The Labute approximate surface area is 128 Å². The number of likely N-dealkylation sites (N-methyl/N-ethyl adjacent to an activating group) is 1. The van der Waals surface area contributed by atoms with Crippen LogP contribution in [-0.2, 0) is 6.54 Å². The van der Waals surface area contributed by atoms with Gasteiger partial charge >= 0.3 is 0 Å². The highest BCUT2D eigenvalue weighted by Crippen LogP contribution is 2.19. The van der Waals surface area contributed by atoms with Crippen molar-refractivity contribution in [2.24, 2.45) is 0 Å². The van der Waals surface area contributed by atoms with E-state index in [-0.39, 0.29) is 0 Å². The molecule has 0 amide bonds. The second-order valence-corrected chi connectivity index (χ2v) is 6.52. The smallest absolute Gasteiger partial charge is 0.225 e. The minimum atomic E-state index is 0.479. The van der Waals surface area contributed by atoms with E-state index in [1.807, 2.05) is 6.20 Å². The third-order valence-electron chi connectivity index (χ3n) is 4.18. The van der Waals surface area contributed by atoms with Crippen molar-refractivity contribution in [1.29, 1.82) is 0 Å². The van der Waals surface area contributed by atoms with Gasteiger partial charge in [0.25, 0.3) is 0 Å². The highest BCUT2D eigenvalue weighted by atomic mass is 15.3. The molecule has 1 aromatic rings. The molecule has 0 radical (unpaired) electrons. The fraction of sp³-hybridized carbons (Fsp3) is 0.750. The predicted octanol–water partition coefficient (Wildman–Crippen LogP) is 1.81. The summed E-state index contributed by atoms with van der Waals surface area (Å²) in [5.74, 6) is 0.882. The van der Waals surface area contributed by atoms with Crippen LogP contribution in [0.2, 0.25) is 0 Å². The maximum atomic E-state index is 4.72. The number of hydrogen-bond donors (Lipinski definition) is 1. The first kappa shape index (κ1) is 16.2. The van der Waals surface area contributed by atoms with Gasteiger partial charge in [-0.3, -0.25) is 0 Å². The first-order valence-corrected chi connectivity index (χ1v) is 7.94. The largest absolute Gasteiger partial charge is 0.339 e. The standard InChI is InChI=1S/C16H29N5/c1-12(2)17-9-14-10-18-16(19-13(14)3)21-8-6-7-15(11-21)20(4)5/h10,12,15,17H,6-9,11H2,1-5H3. The molecule has 1 aliphatic rings. The number of anilines is 1. The first-order chi connectivity index (χ1) is 9.97. The van der Waals surface area contributed by atoms with E-state index in [4.69, 9.17) is 4.98 Å². The molecule has 1 N–H and O–H groups in total. The normalized spacial score (nSPS) is 19.6. The highest BCUT2D eigenvalue weighted by molar-refractivity contribution is 5.34. The molecule has 1 fully saturated rings. The van der Waals surface area contributed by atoms with E-state index < -0.39 is 0 Å². The molecule has 0 saturated carbocycles. The van der Waals surface area contributed by atoms with E-state index in [2.05, 4.69) is 55.0 Å². The van der Waals surface area contributed by atoms with E-state index in [0.717, 1.165) is 31.3 Å². The van der Waals surface area contributed by atoms with Crippen molar-refractivity contribution < 1.29 is 0 Å². The number of piperidine rings is 1. The Bertz CT molecular complexity index is 458. The van der Waals surface area contributed by atoms with Crippen molar-refractivity contribution in [3.8, 4) is 0 Å². The molecule has 0 aromatic carbocycles. The fourth-order valence-corrected chi connectivity index (χ4v) is 2.68. The second-order valence-electron chi connectivity index (χ2n) is 6.52. The van der Waals surface area contributed by atoms with Crippen molar-refractivity contribution in [3.05, 3.63) is 17.5 Å². The third-order valence-corrected chi connectivity index (χ3v) is 4.18. The van der Waals surface area contributed by atoms with Gasteiger partial charge in [-0.1, -0.05) is 13.8 Å². The zero-order chi connectivity index (χ0) is 15.4. The van der Waals surface area contributed by atoms with Gasteiger partial charge < -0.3 is 15.1 Å². The summed E-state index contributed by atoms with van der Waals surface area (Å²) >= 11 is 0. The van der Waals surface area contributed by atoms with Crippen molar-refractivity contribution >= 4 is 5.95 Å². The van der Waals surface area contributed by atoms with Gasteiger partial charge in [0.1, 0.15) is 0 Å². The lowest BCUT2D eigenvalue weighted by Crippen LogP contribution is -2.45. The van der Waals surface area contributed by atoms with Crippen molar-refractivity contribution in [2.45, 2.75) is 52.2 Å². The SMILES string of the molecule is Cc1nc(N2CCCC(N(C)C)C2)ncc1CNC(C)C. The molecule has 1 unspecified atom stereocenters. The van der Waals surface area contributed by atoms with Crippen LogP contribution in [0.4, 0.5) is 5.95 Å². The Kier molecular flexibility index (Phi) is 5.53. The maximum Gasteiger partial charge on any atom is 0.225 e. The predicted molar refractivity (Wildman–Crippen MR) is 87.7 cm³/mol. The molecule has 0 aliphatic carbocycles. The second kappa shape index (κ2) is 7.18. The number of nitrogens with one attached hydrogen (secondary N) is 1. The summed E-state index contributed by atoms with van der Waals surface area (Å²) in [5.41, 5.74) is 2.27. The van der Waals surface area contributed by atoms with Gasteiger partial charge in [0, 0.05) is 49.2 Å². The molecule has 5 heteroatoms. The van der Waals surface area contributed by atoms with Crippen LogP contribution in [0.15, 0.2) is 6.20 Å². The number of hydrogen-bond acceptors (Lipinski definition) is 5. The van der Waals surface area contributed by atoms with E-state index >= 15 is 0 Å². The lowest BCUT2D eigenvalue weighted by atomic mass is 10.1. The lowest BCUT2D eigenvalue weighted by molar-refractivity contribution is 0.257. The monoisotopic (exact) mass is 291 g/mol. The summed E-state index contributed by atoms with van der Waals surface area (Å²) in [4.78, 5) is 13.9. The molecular formula is C16H29N5. The van der Waals surface area contributed by atoms with Crippen molar-refractivity contribution in [3.63, 3.8) is 0 Å². The first-order valence-electron chi connectivity index (χ1n) is 7.94. The summed E-state index contributed by atoms with van der Waals surface area (Å²) in [6.07, 6.45) is 4.45. The summed E-state index contributed by atoms with van der Waals surface area (Å²) in [6.45, 7) is 9.31. The molecule has 1 atom stereocenters. The Hall–Kier alpha value is -1.20. The number of aromatic nitrogens is 2. The molecule has 21 heavy (non-hydrogen) atoms. The van der Waals surface area contributed by atoms with E-state index in [0.29, 0.717) is 12.1 Å².